The smallest absolute Gasteiger partial charge is 0.187 e. The molecule has 0 aliphatic carbocycles. The number of rotatable bonds is 5. The molecule has 0 bridgehead atoms. The van der Waals surface area contributed by atoms with E-state index in [4.69, 9.17) is 21.4 Å². The number of nitrogens with zero attached hydrogens (tertiary/aromatic N) is 2. The number of hydrogen-bond donors (Lipinski definition) is 1. The number of anilines is 1. The average Bonchev–Trinajstić information content (AvgIpc) is 2.59. The fourth-order valence-electron chi connectivity index (χ4n) is 1.11. The summed E-state index contributed by atoms with van der Waals surface area (Å²) in [6.07, 6.45) is 0. The molecule has 15 heavy (non-hydrogen) atoms. The van der Waals surface area contributed by atoms with Gasteiger partial charge in [0.15, 0.2) is 5.13 Å². The molecule has 1 aromatic rings. The maximum atomic E-state index is 9.00. The third kappa shape index (κ3) is 3.04. The first-order valence-electron chi connectivity index (χ1n) is 4.58. The van der Waals surface area contributed by atoms with E-state index in [1.54, 1.807) is 7.11 Å². The Balaban J connectivity index is 2.77. The maximum Gasteiger partial charge on any atom is 0.187 e. The number of ether oxygens (including phenoxy) is 1. The predicted molar refractivity (Wildman–Crippen MR) is 62.8 cm³/mol. The largest absolute Gasteiger partial charge is 0.391 e. The Morgan fingerprint density at radius 3 is 2.80 bits per heavy atom. The highest BCUT2D eigenvalue weighted by atomic mass is 35.5. The van der Waals surface area contributed by atoms with Crippen molar-refractivity contribution in [3.63, 3.8) is 0 Å². The van der Waals surface area contributed by atoms with Crippen molar-refractivity contribution in [3.05, 3.63) is 10.0 Å². The van der Waals surface area contributed by atoms with E-state index >= 15 is 0 Å². The standard InChI is InChI=1S/C9H15ClN2O2S/c1-6(5-14-3)12(2)9-11-8(10)7(4-13)15-9/h6,13H,4-5H2,1-3H3. The van der Waals surface area contributed by atoms with Gasteiger partial charge < -0.3 is 14.7 Å². The fraction of sp³-hybridized carbons (Fsp3) is 0.667. The van der Waals surface area contributed by atoms with E-state index in [0.29, 0.717) is 16.6 Å². The lowest BCUT2D eigenvalue weighted by Crippen LogP contribution is -2.32. The lowest BCUT2D eigenvalue weighted by molar-refractivity contribution is 0.183. The van der Waals surface area contributed by atoms with Crippen molar-refractivity contribution in [2.75, 3.05) is 25.7 Å². The molecule has 0 amide bonds. The minimum Gasteiger partial charge on any atom is -0.391 e. The summed E-state index contributed by atoms with van der Waals surface area (Å²) in [5.41, 5.74) is 0. The summed E-state index contributed by atoms with van der Waals surface area (Å²) in [5.74, 6) is 0. The van der Waals surface area contributed by atoms with Gasteiger partial charge in [-0.05, 0) is 6.92 Å². The van der Waals surface area contributed by atoms with Crippen molar-refractivity contribution in [1.82, 2.24) is 4.98 Å². The Hall–Kier alpha value is -0.360. The third-order valence-electron chi connectivity index (χ3n) is 2.15. The van der Waals surface area contributed by atoms with E-state index in [2.05, 4.69) is 4.98 Å². The summed E-state index contributed by atoms with van der Waals surface area (Å²) < 4.78 is 5.06. The van der Waals surface area contributed by atoms with Crippen molar-refractivity contribution >= 4 is 28.1 Å². The molecule has 0 saturated carbocycles. The van der Waals surface area contributed by atoms with Crippen LogP contribution in [0.2, 0.25) is 5.15 Å². The zero-order valence-corrected chi connectivity index (χ0v) is 10.6. The van der Waals surface area contributed by atoms with Gasteiger partial charge in [0.2, 0.25) is 0 Å². The van der Waals surface area contributed by atoms with Crippen LogP contribution >= 0.6 is 22.9 Å². The first kappa shape index (κ1) is 12.7. The second kappa shape index (κ2) is 5.65. The predicted octanol–water partition coefficient (Wildman–Crippen LogP) is 1.76. The number of thiazole rings is 1. The second-order valence-corrected chi connectivity index (χ2v) is 4.70. The normalized spacial score (nSPS) is 12.9. The summed E-state index contributed by atoms with van der Waals surface area (Å²) >= 11 is 7.25. The number of halogens is 1. The summed E-state index contributed by atoms with van der Waals surface area (Å²) in [6.45, 7) is 2.60. The first-order valence-corrected chi connectivity index (χ1v) is 5.77. The van der Waals surface area contributed by atoms with Gasteiger partial charge in [-0.25, -0.2) is 4.98 Å². The van der Waals surface area contributed by atoms with Gasteiger partial charge in [0.1, 0.15) is 5.15 Å². The molecule has 6 heteroatoms. The Labute approximate surface area is 98.5 Å². The van der Waals surface area contributed by atoms with Gasteiger partial charge in [0, 0.05) is 14.2 Å². The zero-order valence-electron chi connectivity index (χ0n) is 9.03. The molecule has 0 aliphatic rings. The molecule has 0 spiro atoms. The molecule has 0 aromatic carbocycles. The monoisotopic (exact) mass is 250 g/mol. The molecule has 1 atom stereocenters. The van der Waals surface area contributed by atoms with E-state index < -0.39 is 0 Å². The highest BCUT2D eigenvalue weighted by molar-refractivity contribution is 7.16. The average molecular weight is 251 g/mol. The second-order valence-electron chi connectivity index (χ2n) is 3.28. The molecular weight excluding hydrogens is 236 g/mol. The SMILES string of the molecule is COCC(C)N(C)c1nc(Cl)c(CO)s1. The molecule has 0 saturated heterocycles. The van der Waals surface area contributed by atoms with Crippen LogP contribution < -0.4 is 4.90 Å². The van der Waals surface area contributed by atoms with Crippen molar-refractivity contribution in [1.29, 1.82) is 0 Å². The highest BCUT2D eigenvalue weighted by Crippen LogP contribution is 2.29. The quantitative estimate of drug-likeness (QED) is 0.865. The van der Waals surface area contributed by atoms with Crippen LogP contribution in [-0.4, -0.2) is 36.9 Å². The fourth-order valence-corrected chi connectivity index (χ4v) is 2.29. The van der Waals surface area contributed by atoms with Gasteiger partial charge in [-0.2, -0.15) is 0 Å². The number of aromatic nitrogens is 1. The van der Waals surface area contributed by atoms with E-state index in [1.165, 1.54) is 11.3 Å². The molecule has 1 aromatic heterocycles. The number of methoxy groups -OCH3 is 1. The van der Waals surface area contributed by atoms with Crippen LogP contribution in [0.1, 0.15) is 11.8 Å². The minimum atomic E-state index is -0.0665. The molecule has 1 rings (SSSR count). The summed E-state index contributed by atoms with van der Waals surface area (Å²) in [4.78, 5) is 6.86. The van der Waals surface area contributed by atoms with Crippen LogP contribution in [0.15, 0.2) is 0 Å². The Kier molecular flexibility index (Phi) is 4.79. The van der Waals surface area contributed by atoms with E-state index in [0.717, 1.165) is 5.13 Å². The van der Waals surface area contributed by atoms with E-state index in [-0.39, 0.29) is 12.6 Å². The van der Waals surface area contributed by atoms with Crippen LogP contribution in [0.5, 0.6) is 0 Å². The molecule has 0 fully saturated rings. The van der Waals surface area contributed by atoms with Crippen molar-refractivity contribution in [3.8, 4) is 0 Å². The summed E-state index contributed by atoms with van der Waals surface area (Å²) in [5, 5.41) is 10.2. The van der Waals surface area contributed by atoms with Gasteiger partial charge in [-0.1, -0.05) is 22.9 Å². The van der Waals surface area contributed by atoms with Gasteiger partial charge in [-0.15, -0.1) is 0 Å². The van der Waals surface area contributed by atoms with Crippen molar-refractivity contribution in [2.24, 2.45) is 0 Å². The first-order chi connectivity index (χ1) is 7.10. The molecule has 86 valence electrons. The van der Waals surface area contributed by atoms with Gasteiger partial charge >= 0.3 is 0 Å². The lowest BCUT2D eigenvalue weighted by atomic mass is 10.3. The third-order valence-corrected chi connectivity index (χ3v) is 3.71. The van der Waals surface area contributed by atoms with E-state index in [1.807, 2.05) is 18.9 Å². The maximum absolute atomic E-state index is 9.00. The number of aliphatic hydroxyl groups excluding tert-OH is 1. The number of hydrogen-bond acceptors (Lipinski definition) is 5. The van der Waals surface area contributed by atoms with Crippen molar-refractivity contribution < 1.29 is 9.84 Å². The molecule has 1 unspecified atom stereocenters. The van der Waals surface area contributed by atoms with E-state index in [9.17, 15) is 0 Å². The Bertz CT molecular complexity index is 319. The topological polar surface area (TPSA) is 45.6 Å². The highest BCUT2D eigenvalue weighted by Gasteiger charge is 2.16. The molecule has 4 nitrogen and oxygen atoms in total. The van der Waals surface area contributed by atoms with Gasteiger partial charge in [0.05, 0.1) is 24.1 Å². The molecule has 0 aliphatic heterocycles. The lowest BCUT2D eigenvalue weighted by Gasteiger charge is -2.23. The summed E-state index contributed by atoms with van der Waals surface area (Å²) in [6, 6.07) is 0.226. The molecule has 1 N–H and O–H groups in total. The molecular formula is C9H15ClN2O2S. The van der Waals surface area contributed by atoms with Crippen LogP contribution in [0, 0.1) is 0 Å². The summed E-state index contributed by atoms with van der Waals surface area (Å²) in [7, 11) is 3.60. The molecule has 1 heterocycles. The molecule has 0 radical (unpaired) electrons. The zero-order chi connectivity index (χ0) is 11.4. The van der Waals surface area contributed by atoms with Gasteiger partial charge in [-0.3, -0.25) is 0 Å². The van der Waals surface area contributed by atoms with Gasteiger partial charge in [0.25, 0.3) is 0 Å². The Morgan fingerprint density at radius 2 is 2.33 bits per heavy atom. The van der Waals surface area contributed by atoms with Crippen LogP contribution in [0.4, 0.5) is 5.13 Å². The minimum absolute atomic E-state index is 0.0665. The Morgan fingerprint density at radius 1 is 1.67 bits per heavy atom. The number of aliphatic hydroxyl groups is 1. The van der Waals surface area contributed by atoms with Crippen LogP contribution in [0.25, 0.3) is 0 Å². The number of likely N-dealkylation sites (N-methyl/N-ethyl adjacent to an activating group) is 1. The van der Waals surface area contributed by atoms with Crippen LogP contribution in [0.3, 0.4) is 0 Å². The van der Waals surface area contributed by atoms with Crippen LogP contribution in [-0.2, 0) is 11.3 Å². The van der Waals surface area contributed by atoms with Crippen molar-refractivity contribution in [2.45, 2.75) is 19.6 Å².